The molecule has 0 saturated carbocycles. The van der Waals surface area contributed by atoms with Gasteiger partial charge in [-0.3, -0.25) is 9.59 Å². The first kappa shape index (κ1) is 27.3. The highest BCUT2D eigenvalue weighted by atomic mass is 32.2. The van der Waals surface area contributed by atoms with Gasteiger partial charge >= 0.3 is 0 Å². The molecule has 0 heterocycles. The molecule has 0 radical (unpaired) electrons. The summed E-state index contributed by atoms with van der Waals surface area (Å²) in [6, 6.07) is 25.2. The van der Waals surface area contributed by atoms with Crippen molar-refractivity contribution in [3.8, 4) is 5.75 Å². The van der Waals surface area contributed by atoms with E-state index in [0.717, 1.165) is 28.0 Å². The first-order chi connectivity index (χ1) is 17.4. The number of ether oxygens (including phenoxy) is 1. The molecule has 2 amide bonds. The number of methoxy groups -OCH3 is 1. The van der Waals surface area contributed by atoms with Gasteiger partial charge in [0, 0.05) is 24.8 Å². The van der Waals surface area contributed by atoms with Crippen molar-refractivity contribution in [2.24, 2.45) is 0 Å². The van der Waals surface area contributed by atoms with E-state index < -0.39 is 6.04 Å². The van der Waals surface area contributed by atoms with Gasteiger partial charge in [0.15, 0.2) is 0 Å². The average molecular weight is 505 g/mol. The Labute approximate surface area is 219 Å². The zero-order valence-electron chi connectivity index (χ0n) is 21.6. The van der Waals surface area contributed by atoms with Gasteiger partial charge in [0.2, 0.25) is 11.8 Å². The molecule has 3 rings (SSSR count). The van der Waals surface area contributed by atoms with E-state index >= 15 is 0 Å². The van der Waals surface area contributed by atoms with Gasteiger partial charge in [-0.2, -0.15) is 0 Å². The van der Waals surface area contributed by atoms with Crippen LogP contribution in [0, 0.1) is 6.92 Å². The van der Waals surface area contributed by atoms with Crippen molar-refractivity contribution < 1.29 is 14.3 Å². The lowest BCUT2D eigenvalue weighted by Gasteiger charge is -2.32. The van der Waals surface area contributed by atoms with Crippen LogP contribution in [0.1, 0.15) is 36.1 Å². The molecule has 0 fully saturated rings. The van der Waals surface area contributed by atoms with Gasteiger partial charge in [-0.1, -0.05) is 72.3 Å². The topological polar surface area (TPSA) is 58.6 Å². The Morgan fingerprint density at radius 3 is 2.25 bits per heavy atom. The quantitative estimate of drug-likeness (QED) is 0.359. The SMILES string of the molecule is COc1ccc(CSCC(=O)N(Cc2cccc(C)c2)[C@H](Cc2ccccc2)C(=O)NC(C)C)cc1. The van der Waals surface area contributed by atoms with Crippen LogP contribution < -0.4 is 10.1 Å². The molecule has 0 aliphatic rings. The van der Waals surface area contributed by atoms with Crippen LogP contribution in [0.5, 0.6) is 5.75 Å². The third-order valence-electron chi connectivity index (χ3n) is 5.79. The van der Waals surface area contributed by atoms with Crippen molar-refractivity contribution in [2.45, 2.75) is 51.6 Å². The van der Waals surface area contributed by atoms with E-state index in [1.807, 2.05) is 93.6 Å². The van der Waals surface area contributed by atoms with Crippen molar-refractivity contribution in [3.05, 3.63) is 101 Å². The van der Waals surface area contributed by atoms with Gasteiger partial charge in [0.05, 0.1) is 12.9 Å². The number of rotatable bonds is 12. The van der Waals surface area contributed by atoms with Crippen molar-refractivity contribution in [3.63, 3.8) is 0 Å². The summed E-state index contributed by atoms with van der Waals surface area (Å²) in [5.74, 6) is 1.63. The minimum absolute atomic E-state index is 0.0175. The van der Waals surface area contributed by atoms with Crippen LogP contribution in [0.4, 0.5) is 0 Å². The van der Waals surface area contributed by atoms with Crippen molar-refractivity contribution in [2.75, 3.05) is 12.9 Å². The Morgan fingerprint density at radius 1 is 0.917 bits per heavy atom. The molecular formula is C30H36N2O3S. The van der Waals surface area contributed by atoms with E-state index in [0.29, 0.717) is 18.7 Å². The highest BCUT2D eigenvalue weighted by Gasteiger charge is 2.30. The van der Waals surface area contributed by atoms with Gasteiger partial charge in [-0.05, 0) is 49.6 Å². The Balaban J connectivity index is 1.82. The lowest BCUT2D eigenvalue weighted by Crippen LogP contribution is -2.52. The van der Waals surface area contributed by atoms with E-state index in [4.69, 9.17) is 4.74 Å². The molecule has 3 aromatic rings. The van der Waals surface area contributed by atoms with Crippen molar-refractivity contribution in [1.29, 1.82) is 0 Å². The number of nitrogens with zero attached hydrogens (tertiary/aromatic N) is 1. The summed E-state index contributed by atoms with van der Waals surface area (Å²) >= 11 is 1.56. The third-order valence-corrected chi connectivity index (χ3v) is 6.78. The molecule has 1 N–H and O–H groups in total. The van der Waals surface area contributed by atoms with Gasteiger partial charge in [0.25, 0.3) is 0 Å². The number of carbonyl (C=O) groups excluding carboxylic acids is 2. The fraction of sp³-hybridized carbons (Fsp3) is 0.333. The molecule has 1 atom stereocenters. The largest absolute Gasteiger partial charge is 0.497 e. The summed E-state index contributed by atoms with van der Waals surface area (Å²) in [4.78, 5) is 28.8. The summed E-state index contributed by atoms with van der Waals surface area (Å²) in [5, 5.41) is 3.04. The summed E-state index contributed by atoms with van der Waals surface area (Å²) in [5.41, 5.74) is 4.28. The molecule has 0 aromatic heterocycles. The predicted octanol–water partition coefficient (Wildman–Crippen LogP) is 5.40. The van der Waals surface area contributed by atoms with Crippen molar-refractivity contribution in [1.82, 2.24) is 10.2 Å². The first-order valence-corrected chi connectivity index (χ1v) is 13.4. The maximum absolute atomic E-state index is 13.7. The van der Waals surface area contributed by atoms with E-state index in [-0.39, 0.29) is 23.6 Å². The number of thioether (sulfide) groups is 1. The molecule has 0 aliphatic carbocycles. The van der Waals surface area contributed by atoms with Gasteiger partial charge < -0.3 is 15.0 Å². The van der Waals surface area contributed by atoms with Crippen LogP contribution >= 0.6 is 11.8 Å². The lowest BCUT2D eigenvalue weighted by molar-refractivity contribution is -0.139. The molecule has 0 spiro atoms. The minimum Gasteiger partial charge on any atom is -0.497 e. The fourth-order valence-electron chi connectivity index (χ4n) is 4.00. The van der Waals surface area contributed by atoms with Crippen LogP contribution in [0.2, 0.25) is 0 Å². The van der Waals surface area contributed by atoms with Gasteiger partial charge in [0.1, 0.15) is 11.8 Å². The van der Waals surface area contributed by atoms with Crippen LogP contribution in [0.3, 0.4) is 0 Å². The fourth-order valence-corrected chi connectivity index (χ4v) is 4.87. The Hall–Kier alpha value is -3.25. The highest BCUT2D eigenvalue weighted by molar-refractivity contribution is 7.99. The van der Waals surface area contributed by atoms with Crippen LogP contribution in [0.15, 0.2) is 78.9 Å². The zero-order valence-corrected chi connectivity index (χ0v) is 22.4. The number of hydrogen-bond donors (Lipinski definition) is 1. The average Bonchev–Trinajstić information content (AvgIpc) is 2.86. The van der Waals surface area contributed by atoms with E-state index in [9.17, 15) is 9.59 Å². The normalized spacial score (nSPS) is 11.7. The number of nitrogens with one attached hydrogen (secondary N) is 1. The maximum Gasteiger partial charge on any atom is 0.243 e. The second-order valence-electron chi connectivity index (χ2n) is 9.22. The van der Waals surface area contributed by atoms with Gasteiger partial charge in [-0.15, -0.1) is 11.8 Å². The summed E-state index contributed by atoms with van der Waals surface area (Å²) < 4.78 is 5.23. The molecule has 190 valence electrons. The minimum atomic E-state index is -0.607. The second kappa shape index (κ2) is 13.7. The smallest absolute Gasteiger partial charge is 0.243 e. The monoisotopic (exact) mass is 504 g/mol. The van der Waals surface area contributed by atoms with Crippen LogP contribution in [-0.2, 0) is 28.3 Å². The second-order valence-corrected chi connectivity index (χ2v) is 10.2. The van der Waals surface area contributed by atoms with E-state index in [1.54, 1.807) is 23.8 Å². The number of benzene rings is 3. The molecule has 6 heteroatoms. The molecule has 0 aliphatic heterocycles. The first-order valence-electron chi connectivity index (χ1n) is 12.3. The standard InChI is InChI=1S/C30H36N2O3S/c1-22(2)31-30(34)28(18-24-10-6-5-7-11-24)32(19-26-12-8-9-23(3)17-26)29(33)21-36-20-25-13-15-27(35-4)16-14-25/h5-17,22,28H,18-21H2,1-4H3,(H,31,34)/t28-/m1/s1. The number of amides is 2. The van der Waals surface area contributed by atoms with E-state index in [2.05, 4.69) is 11.4 Å². The van der Waals surface area contributed by atoms with Gasteiger partial charge in [-0.25, -0.2) is 0 Å². The molecule has 3 aromatic carbocycles. The highest BCUT2D eigenvalue weighted by Crippen LogP contribution is 2.20. The van der Waals surface area contributed by atoms with Crippen molar-refractivity contribution >= 4 is 23.6 Å². The lowest BCUT2D eigenvalue weighted by atomic mass is 10.0. The molecule has 36 heavy (non-hydrogen) atoms. The van der Waals surface area contributed by atoms with Crippen LogP contribution in [0.25, 0.3) is 0 Å². The number of carbonyl (C=O) groups is 2. The molecule has 5 nitrogen and oxygen atoms in total. The summed E-state index contributed by atoms with van der Waals surface area (Å²) in [7, 11) is 1.65. The molecular weight excluding hydrogens is 468 g/mol. The Bertz CT molecular complexity index is 1120. The third kappa shape index (κ3) is 8.45. The van der Waals surface area contributed by atoms with E-state index in [1.165, 1.54) is 0 Å². The molecule has 0 unspecified atom stereocenters. The maximum atomic E-state index is 13.7. The molecule has 0 saturated heterocycles. The molecule has 0 bridgehead atoms. The Morgan fingerprint density at radius 2 is 1.61 bits per heavy atom. The summed E-state index contributed by atoms with van der Waals surface area (Å²) in [6.45, 7) is 6.30. The number of hydrogen-bond acceptors (Lipinski definition) is 4. The van der Waals surface area contributed by atoms with Crippen LogP contribution in [-0.4, -0.2) is 41.7 Å². The number of aryl methyl sites for hydroxylation is 1. The Kier molecular flexibility index (Phi) is 10.4. The predicted molar refractivity (Wildman–Crippen MR) is 148 cm³/mol. The zero-order chi connectivity index (χ0) is 25.9. The summed E-state index contributed by atoms with van der Waals surface area (Å²) in [6.07, 6.45) is 0.458.